The second-order valence-corrected chi connectivity index (χ2v) is 8.70. The van der Waals surface area contributed by atoms with Gasteiger partial charge >= 0.3 is 0 Å². The molecule has 2 heterocycles. The molecule has 6 heteroatoms. The zero-order chi connectivity index (χ0) is 22.3. The maximum absolute atomic E-state index is 12.9. The Balaban J connectivity index is 1.26. The van der Waals surface area contributed by atoms with E-state index >= 15 is 0 Å². The van der Waals surface area contributed by atoms with Crippen LogP contribution in [0.2, 0.25) is 0 Å². The molecule has 170 valence electrons. The van der Waals surface area contributed by atoms with Gasteiger partial charge in [-0.05, 0) is 43.4 Å². The van der Waals surface area contributed by atoms with E-state index in [0.717, 1.165) is 31.5 Å². The molecule has 0 atom stereocenters. The van der Waals surface area contributed by atoms with Gasteiger partial charge in [0.2, 0.25) is 5.91 Å². The number of hydrogen-bond acceptors (Lipinski definition) is 4. The molecule has 2 amide bonds. The fourth-order valence-corrected chi connectivity index (χ4v) is 4.25. The van der Waals surface area contributed by atoms with Gasteiger partial charge in [0.25, 0.3) is 5.91 Å². The number of carbonyl (C=O) groups is 2. The number of morpholine rings is 1. The van der Waals surface area contributed by atoms with E-state index in [-0.39, 0.29) is 11.8 Å². The second-order valence-electron chi connectivity index (χ2n) is 8.70. The molecular formula is C26H32N2O4. The van der Waals surface area contributed by atoms with Crippen LogP contribution < -0.4 is 4.74 Å². The molecule has 2 saturated heterocycles. The van der Waals surface area contributed by atoms with Crippen LogP contribution in [0, 0.1) is 12.8 Å². The van der Waals surface area contributed by atoms with Crippen molar-refractivity contribution in [3.8, 4) is 5.75 Å². The molecule has 2 aliphatic rings. The number of piperidine rings is 1. The summed E-state index contributed by atoms with van der Waals surface area (Å²) in [6.45, 7) is 6.51. The Morgan fingerprint density at radius 1 is 0.938 bits per heavy atom. The second kappa shape index (κ2) is 10.6. The summed E-state index contributed by atoms with van der Waals surface area (Å²) in [6, 6.07) is 15.6. The summed E-state index contributed by atoms with van der Waals surface area (Å²) in [4.78, 5) is 29.3. The fraction of sp³-hybridized carbons (Fsp3) is 0.462. The summed E-state index contributed by atoms with van der Waals surface area (Å²) in [5.74, 6) is 1.21. The number of likely N-dealkylation sites (tertiary alicyclic amines) is 1. The maximum Gasteiger partial charge on any atom is 0.257 e. The Hall–Kier alpha value is -2.86. The van der Waals surface area contributed by atoms with Crippen LogP contribution in [0.25, 0.3) is 0 Å². The third-order valence-electron chi connectivity index (χ3n) is 6.33. The number of carbonyl (C=O) groups excluding carboxylic acids is 2. The van der Waals surface area contributed by atoms with Gasteiger partial charge in [-0.25, -0.2) is 0 Å². The maximum atomic E-state index is 12.9. The van der Waals surface area contributed by atoms with Crippen molar-refractivity contribution in [3.05, 3.63) is 65.2 Å². The third-order valence-corrected chi connectivity index (χ3v) is 6.33. The standard InChI is InChI=1S/C26H32N2O4/c1-20-6-8-21(9-7-20)18-25(29)27-12-10-22(11-13-27)19-32-24-5-3-2-4-23(24)26(30)28-14-16-31-17-15-28/h2-9,22H,10-19H2,1H3. The fourth-order valence-electron chi connectivity index (χ4n) is 4.25. The van der Waals surface area contributed by atoms with Gasteiger partial charge in [-0.3, -0.25) is 9.59 Å². The summed E-state index contributed by atoms with van der Waals surface area (Å²) >= 11 is 0. The Labute approximate surface area is 190 Å². The first-order chi connectivity index (χ1) is 15.6. The quantitative estimate of drug-likeness (QED) is 0.697. The third kappa shape index (κ3) is 5.68. The molecule has 0 radical (unpaired) electrons. The largest absolute Gasteiger partial charge is 0.492 e. The lowest BCUT2D eigenvalue weighted by atomic mass is 9.97. The first-order valence-corrected chi connectivity index (χ1v) is 11.5. The van der Waals surface area contributed by atoms with E-state index in [4.69, 9.17) is 9.47 Å². The highest BCUT2D eigenvalue weighted by Gasteiger charge is 2.25. The Morgan fingerprint density at radius 2 is 1.62 bits per heavy atom. The zero-order valence-electron chi connectivity index (χ0n) is 18.8. The highest BCUT2D eigenvalue weighted by molar-refractivity contribution is 5.97. The highest BCUT2D eigenvalue weighted by atomic mass is 16.5. The van der Waals surface area contributed by atoms with Gasteiger partial charge in [-0.15, -0.1) is 0 Å². The Bertz CT molecular complexity index is 914. The normalized spacial score (nSPS) is 17.3. The van der Waals surface area contributed by atoms with E-state index in [1.807, 2.05) is 58.3 Å². The van der Waals surface area contributed by atoms with Gasteiger partial charge in [-0.1, -0.05) is 42.0 Å². The Kier molecular flexibility index (Phi) is 7.43. The minimum Gasteiger partial charge on any atom is -0.492 e. The predicted molar refractivity (Wildman–Crippen MR) is 123 cm³/mol. The molecule has 4 rings (SSSR count). The number of benzene rings is 2. The van der Waals surface area contributed by atoms with Crippen LogP contribution in [-0.2, 0) is 16.0 Å². The number of hydrogen-bond donors (Lipinski definition) is 0. The SMILES string of the molecule is Cc1ccc(CC(=O)N2CCC(COc3ccccc3C(=O)N3CCOCC3)CC2)cc1. The van der Waals surface area contributed by atoms with Crippen LogP contribution >= 0.6 is 0 Å². The van der Waals surface area contributed by atoms with Gasteiger partial charge < -0.3 is 19.3 Å². The molecule has 2 fully saturated rings. The van der Waals surface area contributed by atoms with Crippen molar-refractivity contribution in [1.29, 1.82) is 0 Å². The summed E-state index contributed by atoms with van der Waals surface area (Å²) < 4.78 is 11.5. The van der Waals surface area contributed by atoms with Gasteiger partial charge in [0, 0.05) is 26.2 Å². The number of para-hydroxylation sites is 1. The van der Waals surface area contributed by atoms with E-state index in [2.05, 4.69) is 6.92 Å². The molecule has 0 N–H and O–H groups in total. The molecule has 2 aromatic carbocycles. The van der Waals surface area contributed by atoms with Crippen LogP contribution in [0.3, 0.4) is 0 Å². The summed E-state index contributed by atoms with van der Waals surface area (Å²) in [5.41, 5.74) is 2.88. The molecule has 0 bridgehead atoms. The molecule has 0 saturated carbocycles. The molecule has 2 aromatic rings. The van der Waals surface area contributed by atoms with Crippen LogP contribution in [0.4, 0.5) is 0 Å². The number of amides is 2. The van der Waals surface area contributed by atoms with Crippen LogP contribution in [0.1, 0.15) is 34.3 Å². The van der Waals surface area contributed by atoms with Crippen LogP contribution in [0.5, 0.6) is 5.75 Å². The lowest BCUT2D eigenvalue weighted by molar-refractivity contribution is -0.132. The summed E-state index contributed by atoms with van der Waals surface area (Å²) in [5, 5.41) is 0. The van der Waals surface area contributed by atoms with Crippen molar-refractivity contribution >= 4 is 11.8 Å². The highest BCUT2D eigenvalue weighted by Crippen LogP contribution is 2.24. The minimum atomic E-state index is 0.000390. The van der Waals surface area contributed by atoms with E-state index in [9.17, 15) is 9.59 Å². The van der Waals surface area contributed by atoms with Gasteiger partial charge in [-0.2, -0.15) is 0 Å². The van der Waals surface area contributed by atoms with Gasteiger partial charge in [0.1, 0.15) is 5.75 Å². The summed E-state index contributed by atoms with van der Waals surface area (Å²) in [7, 11) is 0. The molecule has 0 unspecified atom stereocenters. The van der Waals surface area contributed by atoms with E-state index in [1.165, 1.54) is 5.56 Å². The van der Waals surface area contributed by atoms with Crippen molar-refractivity contribution in [2.45, 2.75) is 26.2 Å². The van der Waals surface area contributed by atoms with Crippen LogP contribution in [0.15, 0.2) is 48.5 Å². The van der Waals surface area contributed by atoms with Crippen molar-refractivity contribution in [1.82, 2.24) is 9.80 Å². The predicted octanol–water partition coefficient (Wildman–Crippen LogP) is 3.33. The molecule has 0 spiro atoms. The lowest BCUT2D eigenvalue weighted by Gasteiger charge is -2.32. The average molecular weight is 437 g/mol. The van der Waals surface area contributed by atoms with E-state index in [0.29, 0.717) is 56.6 Å². The number of nitrogens with zero attached hydrogens (tertiary/aromatic N) is 2. The first kappa shape index (κ1) is 22.3. The summed E-state index contributed by atoms with van der Waals surface area (Å²) in [6.07, 6.45) is 2.29. The number of ether oxygens (including phenoxy) is 2. The minimum absolute atomic E-state index is 0.000390. The number of aryl methyl sites for hydroxylation is 1. The van der Waals surface area contributed by atoms with Crippen molar-refractivity contribution in [2.75, 3.05) is 46.0 Å². The van der Waals surface area contributed by atoms with E-state index < -0.39 is 0 Å². The molecule has 6 nitrogen and oxygen atoms in total. The zero-order valence-corrected chi connectivity index (χ0v) is 18.8. The topological polar surface area (TPSA) is 59.1 Å². The molecular weight excluding hydrogens is 404 g/mol. The Morgan fingerprint density at radius 3 is 2.34 bits per heavy atom. The van der Waals surface area contributed by atoms with E-state index in [1.54, 1.807) is 0 Å². The average Bonchev–Trinajstić information content (AvgIpc) is 2.85. The first-order valence-electron chi connectivity index (χ1n) is 11.5. The van der Waals surface area contributed by atoms with Crippen molar-refractivity contribution in [3.63, 3.8) is 0 Å². The van der Waals surface area contributed by atoms with Gasteiger partial charge in [0.05, 0.1) is 31.8 Å². The molecule has 32 heavy (non-hydrogen) atoms. The van der Waals surface area contributed by atoms with Crippen molar-refractivity contribution in [2.24, 2.45) is 5.92 Å². The number of rotatable bonds is 6. The molecule has 2 aliphatic heterocycles. The molecule has 0 aromatic heterocycles. The smallest absolute Gasteiger partial charge is 0.257 e. The monoisotopic (exact) mass is 436 g/mol. The van der Waals surface area contributed by atoms with Gasteiger partial charge in [0.15, 0.2) is 0 Å². The lowest BCUT2D eigenvalue weighted by Crippen LogP contribution is -2.41. The molecule has 0 aliphatic carbocycles. The van der Waals surface area contributed by atoms with Crippen LogP contribution in [-0.4, -0.2) is 67.6 Å². The van der Waals surface area contributed by atoms with Crippen molar-refractivity contribution < 1.29 is 19.1 Å².